The predicted octanol–water partition coefficient (Wildman–Crippen LogP) is 4.51. The Morgan fingerprint density at radius 1 is 1.10 bits per heavy atom. The van der Waals surface area contributed by atoms with Crippen molar-refractivity contribution in [1.82, 2.24) is 4.90 Å². The molecular weight excluding hydrogens is 434 g/mol. The van der Waals surface area contributed by atoms with Gasteiger partial charge in [0.1, 0.15) is 5.75 Å². The molecule has 1 heterocycles. The van der Waals surface area contributed by atoms with Gasteiger partial charge < -0.3 is 9.64 Å². The van der Waals surface area contributed by atoms with Crippen LogP contribution in [0.25, 0.3) is 10.8 Å². The van der Waals surface area contributed by atoms with Crippen LogP contribution in [-0.2, 0) is 21.1 Å². The number of rotatable bonds is 6. The maximum Gasteiger partial charge on any atom is 0.222 e. The van der Waals surface area contributed by atoms with Gasteiger partial charge in [-0.3, -0.25) is 4.79 Å². The molecule has 31 heavy (non-hydrogen) atoms. The Hall–Kier alpha value is -2.57. The smallest absolute Gasteiger partial charge is 0.222 e. The Balaban J connectivity index is 1.45. The summed E-state index contributed by atoms with van der Waals surface area (Å²) in [5.74, 6) is 0.722. The summed E-state index contributed by atoms with van der Waals surface area (Å²) in [5, 5.41) is 2.07. The Morgan fingerprint density at radius 3 is 2.58 bits per heavy atom. The molecule has 0 aliphatic carbocycles. The Morgan fingerprint density at radius 2 is 1.84 bits per heavy atom. The lowest BCUT2D eigenvalue weighted by Gasteiger charge is -2.18. The molecule has 162 valence electrons. The van der Waals surface area contributed by atoms with Gasteiger partial charge in [0.05, 0.1) is 17.3 Å². The van der Waals surface area contributed by atoms with Crippen molar-refractivity contribution in [3.05, 3.63) is 71.2 Å². The molecule has 7 heteroatoms. The van der Waals surface area contributed by atoms with E-state index in [1.165, 1.54) is 12.1 Å². The van der Waals surface area contributed by atoms with Crippen molar-refractivity contribution >= 4 is 38.1 Å². The van der Waals surface area contributed by atoms with E-state index >= 15 is 0 Å². The minimum absolute atomic E-state index is 0.0382. The summed E-state index contributed by atoms with van der Waals surface area (Å²) in [7, 11) is -1.87. The lowest BCUT2D eigenvalue weighted by molar-refractivity contribution is -0.130. The summed E-state index contributed by atoms with van der Waals surface area (Å²) in [6.45, 7) is 0.666. The first-order valence-corrected chi connectivity index (χ1v) is 12.1. The van der Waals surface area contributed by atoms with Gasteiger partial charge in [-0.25, -0.2) is 8.42 Å². The molecule has 1 amide bonds. The van der Waals surface area contributed by atoms with Crippen LogP contribution in [0.5, 0.6) is 5.75 Å². The highest BCUT2D eigenvalue weighted by Crippen LogP contribution is 2.30. The Labute approximate surface area is 187 Å². The highest BCUT2D eigenvalue weighted by Gasteiger charge is 2.36. The minimum atomic E-state index is -3.50. The third-order valence-corrected chi connectivity index (χ3v) is 8.33. The number of carbonyl (C=O) groups is 1. The van der Waals surface area contributed by atoms with E-state index in [1.54, 1.807) is 24.1 Å². The van der Waals surface area contributed by atoms with Crippen LogP contribution in [0.15, 0.2) is 65.6 Å². The molecule has 0 aromatic heterocycles. The molecule has 0 radical (unpaired) electrons. The molecule has 1 unspecified atom stereocenters. The van der Waals surface area contributed by atoms with Crippen LogP contribution in [0, 0.1) is 0 Å². The van der Waals surface area contributed by atoms with Gasteiger partial charge in [-0.1, -0.05) is 41.9 Å². The summed E-state index contributed by atoms with van der Waals surface area (Å²) in [5.41, 5.74) is 0.999. The molecule has 1 aliphatic rings. The van der Waals surface area contributed by atoms with Gasteiger partial charge in [0.25, 0.3) is 0 Å². The van der Waals surface area contributed by atoms with Crippen LogP contribution in [-0.4, -0.2) is 44.7 Å². The SMILES string of the molecule is COc1ccc2ccccc2c1CCC(=O)N1CCC(S(=O)(=O)c2ccc(Cl)cc2)C1. The molecule has 5 nitrogen and oxygen atoms in total. The van der Waals surface area contributed by atoms with E-state index in [0.29, 0.717) is 30.8 Å². The van der Waals surface area contributed by atoms with Crippen molar-refractivity contribution < 1.29 is 17.9 Å². The number of fused-ring (bicyclic) bond motifs is 1. The van der Waals surface area contributed by atoms with E-state index in [9.17, 15) is 13.2 Å². The molecule has 1 aliphatic heterocycles. The number of sulfone groups is 1. The maximum atomic E-state index is 12.9. The van der Waals surface area contributed by atoms with Crippen LogP contribution in [0.2, 0.25) is 5.02 Å². The molecule has 0 saturated carbocycles. The van der Waals surface area contributed by atoms with Crippen molar-refractivity contribution in [1.29, 1.82) is 0 Å². The predicted molar refractivity (Wildman–Crippen MR) is 122 cm³/mol. The standard InChI is InChI=1S/C24H24ClNO4S/c1-30-23-12-6-17-4-2-3-5-21(17)22(23)11-13-24(27)26-15-14-20(16-26)31(28,29)19-9-7-18(25)8-10-19/h2-10,12,20H,11,13-16H2,1H3. The molecule has 1 atom stereocenters. The first kappa shape index (κ1) is 21.7. The molecule has 3 aromatic carbocycles. The van der Waals surface area contributed by atoms with Crippen molar-refractivity contribution in [2.24, 2.45) is 0 Å². The zero-order valence-electron chi connectivity index (χ0n) is 17.3. The zero-order valence-corrected chi connectivity index (χ0v) is 18.8. The van der Waals surface area contributed by atoms with Gasteiger partial charge in [-0.15, -0.1) is 0 Å². The second kappa shape index (κ2) is 8.89. The summed E-state index contributed by atoms with van der Waals surface area (Å²) in [4.78, 5) is 14.8. The number of nitrogens with zero attached hydrogens (tertiary/aromatic N) is 1. The van der Waals surface area contributed by atoms with Crippen LogP contribution < -0.4 is 4.74 Å². The van der Waals surface area contributed by atoms with E-state index in [1.807, 2.05) is 36.4 Å². The van der Waals surface area contributed by atoms with E-state index in [-0.39, 0.29) is 17.3 Å². The molecule has 4 rings (SSSR count). The summed E-state index contributed by atoms with van der Waals surface area (Å²) in [6.07, 6.45) is 1.28. The number of methoxy groups -OCH3 is 1. The van der Waals surface area contributed by atoms with Gasteiger partial charge >= 0.3 is 0 Å². The van der Waals surface area contributed by atoms with E-state index in [0.717, 1.165) is 22.1 Å². The van der Waals surface area contributed by atoms with E-state index < -0.39 is 15.1 Å². The third kappa shape index (κ3) is 4.41. The molecule has 0 bridgehead atoms. The zero-order chi connectivity index (χ0) is 22.0. The normalized spacial score (nSPS) is 16.6. The maximum absolute atomic E-state index is 12.9. The number of carbonyl (C=O) groups excluding carboxylic acids is 1. The van der Waals surface area contributed by atoms with Crippen LogP contribution in [0.1, 0.15) is 18.4 Å². The number of ether oxygens (including phenoxy) is 1. The first-order valence-electron chi connectivity index (χ1n) is 10.2. The van der Waals surface area contributed by atoms with Gasteiger partial charge in [-0.05, 0) is 53.9 Å². The second-order valence-electron chi connectivity index (χ2n) is 7.72. The second-order valence-corrected chi connectivity index (χ2v) is 10.4. The van der Waals surface area contributed by atoms with Gasteiger partial charge in [0, 0.05) is 30.1 Å². The Bertz CT molecular complexity index is 1210. The summed E-state index contributed by atoms with van der Waals surface area (Å²) in [6, 6.07) is 18.1. The molecule has 1 saturated heterocycles. The highest BCUT2D eigenvalue weighted by molar-refractivity contribution is 7.92. The number of aryl methyl sites for hydroxylation is 1. The quantitative estimate of drug-likeness (QED) is 0.546. The molecular formula is C24H24ClNO4S. The van der Waals surface area contributed by atoms with Crippen molar-refractivity contribution in [2.45, 2.75) is 29.4 Å². The Kier molecular flexibility index (Phi) is 6.21. The molecule has 3 aromatic rings. The number of benzene rings is 3. The van der Waals surface area contributed by atoms with Crippen molar-refractivity contribution in [3.63, 3.8) is 0 Å². The van der Waals surface area contributed by atoms with Crippen molar-refractivity contribution in [3.8, 4) is 5.75 Å². The van der Waals surface area contributed by atoms with Gasteiger partial charge in [-0.2, -0.15) is 0 Å². The first-order chi connectivity index (χ1) is 14.9. The molecule has 0 spiro atoms. The molecule has 1 fully saturated rings. The highest BCUT2D eigenvalue weighted by atomic mass is 35.5. The fraction of sp³-hybridized carbons (Fsp3) is 0.292. The number of likely N-dealkylation sites (tertiary alicyclic amines) is 1. The minimum Gasteiger partial charge on any atom is -0.496 e. The number of amides is 1. The van der Waals surface area contributed by atoms with Crippen LogP contribution in [0.3, 0.4) is 0 Å². The van der Waals surface area contributed by atoms with Gasteiger partial charge in [0.2, 0.25) is 5.91 Å². The average molecular weight is 458 g/mol. The van der Waals surface area contributed by atoms with Gasteiger partial charge in [0.15, 0.2) is 9.84 Å². The van der Waals surface area contributed by atoms with Crippen LogP contribution >= 0.6 is 11.6 Å². The summed E-state index contributed by atoms with van der Waals surface area (Å²) >= 11 is 5.87. The largest absolute Gasteiger partial charge is 0.496 e. The monoisotopic (exact) mass is 457 g/mol. The third-order valence-electron chi connectivity index (χ3n) is 5.89. The van der Waals surface area contributed by atoms with Crippen LogP contribution in [0.4, 0.5) is 0 Å². The lowest BCUT2D eigenvalue weighted by atomic mass is 9.99. The average Bonchev–Trinajstić information content (AvgIpc) is 3.29. The number of hydrogen-bond donors (Lipinski definition) is 0. The summed E-state index contributed by atoms with van der Waals surface area (Å²) < 4.78 is 31.4. The van der Waals surface area contributed by atoms with E-state index in [4.69, 9.17) is 16.3 Å². The number of halogens is 1. The fourth-order valence-electron chi connectivity index (χ4n) is 4.18. The topological polar surface area (TPSA) is 63.7 Å². The van der Waals surface area contributed by atoms with Crippen molar-refractivity contribution in [2.75, 3.05) is 20.2 Å². The molecule has 0 N–H and O–H groups in total. The number of hydrogen-bond acceptors (Lipinski definition) is 4. The fourth-order valence-corrected chi connectivity index (χ4v) is 6.00. The lowest BCUT2D eigenvalue weighted by Crippen LogP contribution is -2.32. The van der Waals surface area contributed by atoms with E-state index in [2.05, 4.69) is 0 Å².